The van der Waals surface area contributed by atoms with Gasteiger partial charge in [0.05, 0.1) is 11.6 Å². The molecule has 1 atom stereocenters. The van der Waals surface area contributed by atoms with Crippen molar-refractivity contribution < 1.29 is 28.9 Å². The topological polar surface area (TPSA) is 111 Å². The Balaban J connectivity index is 1.29. The number of aromatic nitrogens is 2. The van der Waals surface area contributed by atoms with Gasteiger partial charge in [-0.2, -0.15) is 0 Å². The second-order valence-electron chi connectivity index (χ2n) is 10.1. The molecule has 1 fully saturated rings. The molecule has 45 heavy (non-hydrogen) atoms. The van der Waals surface area contributed by atoms with Gasteiger partial charge in [0.15, 0.2) is 15.8 Å². The van der Waals surface area contributed by atoms with Crippen LogP contribution in [0.1, 0.15) is 22.7 Å². The Kier molecular flexibility index (Phi) is 7.93. The third-order valence-electron chi connectivity index (χ3n) is 7.22. The second-order valence-corrected chi connectivity index (χ2v) is 12.3. The van der Waals surface area contributed by atoms with Gasteiger partial charge < -0.3 is 19.3 Å². The predicted octanol–water partition coefficient (Wildman–Crippen LogP) is 7.02. The maximum absolute atomic E-state index is 13.7. The van der Waals surface area contributed by atoms with E-state index in [9.17, 15) is 14.7 Å². The van der Waals surface area contributed by atoms with Gasteiger partial charge in [0.2, 0.25) is 5.13 Å². The first-order valence-corrected chi connectivity index (χ1v) is 15.9. The smallest absolute Gasteiger partial charge is 0.301 e. The second kappa shape index (κ2) is 12.5. The number of hydrogen-bond acceptors (Lipinski definition) is 10. The lowest BCUT2D eigenvalue weighted by Gasteiger charge is -2.23. The molecule has 0 spiro atoms. The highest BCUT2D eigenvalue weighted by molar-refractivity contribution is 8.00. The van der Waals surface area contributed by atoms with Crippen LogP contribution in [0.15, 0.2) is 113 Å². The van der Waals surface area contributed by atoms with E-state index in [0.29, 0.717) is 57.4 Å². The number of aliphatic hydroxyl groups excluding tert-OH is 1. The minimum atomic E-state index is -1.00. The molecule has 4 aromatic carbocycles. The largest absolute Gasteiger partial charge is 0.507 e. The van der Waals surface area contributed by atoms with Crippen molar-refractivity contribution in [3.05, 3.63) is 125 Å². The van der Waals surface area contributed by atoms with Gasteiger partial charge in [-0.15, -0.1) is 10.2 Å². The fourth-order valence-corrected chi connectivity index (χ4v) is 6.97. The number of ether oxygens (including phenoxy) is 3. The monoisotopic (exact) mass is 635 g/mol. The highest BCUT2D eigenvalue weighted by Crippen LogP contribution is 2.45. The number of aliphatic hydroxyl groups is 1. The molecule has 0 radical (unpaired) electrons. The van der Waals surface area contributed by atoms with E-state index in [4.69, 9.17) is 14.2 Å². The van der Waals surface area contributed by atoms with E-state index in [1.807, 2.05) is 60.7 Å². The molecular weight excluding hydrogens is 611 g/mol. The molecular formula is C34H25N3O6S2. The minimum absolute atomic E-state index is 0.0813. The van der Waals surface area contributed by atoms with Crippen molar-refractivity contribution in [1.82, 2.24) is 10.2 Å². The van der Waals surface area contributed by atoms with Gasteiger partial charge in [0.1, 0.15) is 30.5 Å². The average Bonchev–Trinajstić information content (AvgIpc) is 3.66. The van der Waals surface area contributed by atoms with Crippen LogP contribution in [-0.4, -0.2) is 40.2 Å². The van der Waals surface area contributed by atoms with Crippen LogP contribution in [0.25, 0.3) is 5.76 Å². The van der Waals surface area contributed by atoms with Crippen LogP contribution >= 0.6 is 23.1 Å². The maximum Gasteiger partial charge on any atom is 0.301 e. The number of hydrogen-bond donors (Lipinski definition) is 1. The molecule has 0 bridgehead atoms. The Bertz CT molecular complexity index is 1910. The van der Waals surface area contributed by atoms with Crippen LogP contribution in [-0.2, 0) is 15.3 Å². The first-order chi connectivity index (χ1) is 22.0. The molecule has 9 nitrogen and oxygen atoms in total. The third-order valence-corrected chi connectivity index (χ3v) is 9.35. The predicted molar refractivity (Wildman–Crippen MR) is 171 cm³/mol. The summed E-state index contributed by atoms with van der Waals surface area (Å²) in [5, 5.41) is 20.5. The molecule has 1 saturated heterocycles. The zero-order valence-corrected chi connectivity index (χ0v) is 25.3. The molecule has 2 aliphatic heterocycles. The van der Waals surface area contributed by atoms with Crippen LogP contribution in [0.4, 0.5) is 5.13 Å². The van der Waals surface area contributed by atoms with Crippen molar-refractivity contribution >= 4 is 45.7 Å². The Hall–Kier alpha value is -5.13. The average molecular weight is 636 g/mol. The first kappa shape index (κ1) is 28.6. The number of anilines is 1. The quantitative estimate of drug-likeness (QED) is 0.0632. The Morgan fingerprint density at radius 3 is 2.40 bits per heavy atom. The number of para-hydroxylation sites is 1. The van der Waals surface area contributed by atoms with Crippen molar-refractivity contribution in [2.45, 2.75) is 16.1 Å². The summed E-state index contributed by atoms with van der Waals surface area (Å²) in [6.07, 6.45) is 0. The van der Waals surface area contributed by atoms with E-state index in [-0.39, 0.29) is 16.5 Å². The summed E-state index contributed by atoms with van der Waals surface area (Å²) in [6, 6.07) is 30.2. The number of carbonyl (C=O) groups is 2. The fourth-order valence-electron chi connectivity index (χ4n) is 5.14. The van der Waals surface area contributed by atoms with Crippen molar-refractivity contribution in [3.63, 3.8) is 0 Å². The fraction of sp³-hybridized carbons (Fsp3) is 0.118. The highest BCUT2D eigenvalue weighted by Gasteiger charge is 2.48. The van der Waals surface area contributed by atoms with Crippen LogP contribution < -0.4 is 19.1 Å². The van der Waals surface area contributed by atoms with Gasteiger partial charge in [-0.3, -0.25) is 14.5 Å². The van der Waals surface area contributed by atoms with Crippen molar-refractivity contribution in [2.75, 3.05) is 18.1 Å². The summed E-state index contributed by atoms with van der Waals surface area (Å²) in [6.45, 7) is 0.774. The highest BCUT2D eigenvalue weighted by atomic mass is 32.2. The summed E-state index contributed by atoms with van der Waals surface area (Å²) in [5.41, 5.74) is 1.90. The summed E-state index contributed by atoms with van der Waals surface area (Å²) in [7, 11) is 0. The summed E-state index contributed by atoms with van der Waals surface area (Å²) in [5.74, 6) is 0.786. The van der Waals surface area contributed by atoms with Gasteiger partial charge in [-0.05, 0) is 53.6 Å². The van der Waals surface area contributed by atoms with Crippen molar-refractivity contribution in [1.29, 1.82) is 0 Å². The van der Waals surface area contributed by atoms with E-state index in [1.54, 1.807) is 42.5 Å². The molecule has 0 saturated carbocycles. The number of ketones is 1. The van der Waals surface area contributed by atoms with Crippen LogP contribution in [0, 0.1) is 0 Å². The van der Waals surface area contributed by atoms with Gasteiger partial charge >= 0.3 is 5.91 Å². The van der Waals surface area contributed by atoms with Crippen LogP contribution in [0.2, 0.25) is 0 Å². The van der Waals surface area contributed by atoms with E-state index in [0.717, 1.165) is 5.56 Å². The maximum atomic E-state index is 13.7. The molecule has 224 valence electrons. The molecule has 7 rings (SSSR count). The Morgan fingerprint density at radius 2 is 1.60 bits per heavy atom. The zero-order chi connectivity index (χ0) is 30.8. The number of Topliss-reactive ketones (excluding diaryl/α,β-unsaturated/α-hetero) is 1. The molecule has 1 unspecified atom stereocenters. The van der Waals surface area contributed by atoms with Crippen LogP contribution in [0.5, 0.6) is 23.0 Å². The van der Waals surface area contributed by atoms with Crippen molar-refractivity contribution in [2.24, 2.45) is 0 Å². The number of fused-ring (bicyclic) bond motifs is 1. The third kappa shape index (κ3) is 5.87. The lowest BCUT2D eigenvalue weighted by Crippen LogP contribution is -2.29. The summed E-state index contributed by atoms with van der Waals surface area (Å²) >= 11 is 2.70. The molecule has 1 N–H and O–H groups in total. The molecule has 1 amide bonds. The van der Waals surface area contributed by atoms with Gasteiger partial charge in [-0.25, -0.2) is 0 Å². The van der Waals surface area contributed by atoms with Gasteiger partial charge in [0, 0.05) is 11.3 Å². The van der Waals surface area contributed by atoms with E-state index < -0.39 is 17.7 Å². The van der Waals surface area contributed by atoms with Gasteiger partial charge in [-0.1, -0.05) is 83.8 Å². The number of benzene rings is 4. The normalized spacial score (nSPS) is 17.0. The number of nitrogens with zero attached hydrogens (tertiary/aromatic N) is 3. The minimum Gasteiger partial charge on any atom is -0.507 e. The standard InChI is InChI=1S/C34H25N3O6S2/c38-30(23-14-15-26-27(19-23)42-17-16-41-26)28-29(22-10-7-13-25(18-22)43-24-11-5-2-6-12-24)37(32(40)31(28)39)33-35-36-34(45-33)44-20-21-8-3-1-4-9-21/h1-15,18-19,29,38H,16-17,20H2/b30-28+. The molecule has 11 heteroatoms. The Labute approximate surface area is 266 Å². The number of thioether (sulfide) groups is 1. The van der Waals surface area contributed by atoms with E-state index in [2.05, 4.69) is 10.2 Å². The summed E-state index contributed by atoms with van der Waals surface area (Å²) < 4.78 is 18.0. The lowest BCUT2D eigenvalue weighted by atomic mass is 9.95. The first-order valence-electron chi connectivity index (χ1n) is 14.1. The molecule has 2 aliphatic rings. The lowest BCUT2D eigenvalue weighted by molar-refractivity contribution is -0.132. The van der Waals surface area contributed by atoms with E-state index in [1.165, 1.54) is 28.0 Å². The van der Waals surface area contributed by atoms with Gasteiger partial charge in [0.25, 0.3) is 5.78 Å². The molecule has 1 aromatic heterocycles. The number of carbonyl (C=O) groups excluding carboxylic acids is 2. The molecule has 5 aromatic rings. The molecule has 3 heterocycles. The molecule has 0 aliphatic carbocycles. The van der Waals surface area contributed by atoms with Crippen molar-refractivity contribution in [3.8, 4) is 23.0 Å². The van der Waals surface area contributed by atoms with E-state index >= 15 is 0 Å². The summed E-state index contributed by atoms with van der Waals surface area (Å²) in [4.78, 5) is 28.7. The Morgan fingerprint density at radius 1 is 0.867 bits per heavy atom. The number of rotatable bonds is 8. The SMILES string of the molecule is O=C1C(=O)N(c2nnc(SCc3ccccc3)s2)C(c2cccc(Oc3ccccc3)c2)/C1=C(\O)c1ccc2c(c1)OCCO2. The number of amides is 1. The van der Waals surface area contributed by atoms with Crippen LogP contribution in [0.3, 0.4) is 0 Å². The zero-order valence-electron chi connectivity index (χ0n) is 23.7.